The molecular weight excluding hydrogens is 556 g/mol. The van der Waals surface area contributed by atoms with E-state index < -0.39 is 64.4 Å². The van der Waals surface area contributed by atoms with Gasteiger partial charge in [0.15, 0.2) is 34.7 Å². The van der Waals surface area contributed by atoms with Gasteiger partial charge in [0.2, 0.25) is 11.8 Å². The van der Waals surface area contributed by atoms with Gasteiger partial charge >= 0.3 is 0 Å². The van der Waals surface area contributed by atoms with E-state index in [1.807, 2.05) is 14.1 Å². The highest BCUT2D eigenvalue weighted by atomic mass is 16.5. The van der Waals surface area contributed by atoms with Crippen molar-refractivity contribution in [1.82, 2.24) is 14.8 Å². The van der Waals surface area contributed by atoms with Crippen molar-refractivity contribution in [1.29, 1.82) is 0 Å². The number of phenols is 1. The van der Waals surface area contributed by atoms with Crippen LogP contribution >= 0.6 is 0 Å². The maximum absolute atomic E-state index is 14.0. The zero-order chi connectivity index (χ0) is 31.4. The molecule has 3 aliphatic rings. The number of aromatic nitrogens is 1. The maximum Gasteiger partial charge on any atom is 0.235 e. The molecule has 1 amide bonds. The van der Waals surface area contributed by atoms with Gasteiger partial charge in [-0.25, -0.2) is 4.98 Å². The number of aliphatic hydroxyl groups is 1. The van der Waals surface area contributed by atoms with Gasteiger partial charge in [0.25, 0.3) is 0 Å². The molecule has 12 heteroatoms. The average molecular weight is 593 g/mol. The minimum atomic E-state index is -2.75. The Hall–Kier alpha value is -4.00. The number of hydrogen-bond donors (Lipinski definition) is 3. The number of phenolic OH excluding ortho intramolecular Hbond substituents is 1. The zero-order valence-electron chi connectivity index (χ0n) is 24.6. The molecule has 0 radical (unpaired) electrons. The zero-order valence-corrected chi connectivity index (χ0v) is 24.6. The minimum absolute atomic E-state index is 0.0169. The molecule has 0 saturated heterocycles. The minimum Gasteiger partial charge on any atom is -0.507 e. The molecule has 12 nitrogen and oxygen atoms in total. The van der Waals surface area contributed by atoms with Crippen molar-refractivity contribution < 1.29 is 38.9 Å². The van der Waals surface area contributed by atoms with Crippen LogP contribution < -0.4 is 10.5 Å². The molecule has 2 fully saturated rings. The van der Waals surface area contributed by atoms with Gasteiger partial charge in [0.1, 0.15) is 5.75 Å². The van der Waals surface area contributed by atoms with Crippen molar-refractivity contribution in [3.8, 4) is 22.8 Å². The Morgan fingerprint density at radius 1 is 1.09 bits per heavy atom. The van der Waals surface area contributed by atoms with E-state index in [1.165, 1.54) is 11.0 Å². The first-order valence-corrected chi connectivity index (χ1v) is 14.2. The lowest BCUT2D eigenvalue weighted by atomic mass is 9.52. The van der Waals surface area contributed by atoms with Crippen molar-refractivity contribution in [3.05, 3.63) is 41.6 Å². The number of pyridine rings is 1. The Kier molecular flexibility index (Phi) is 7.97. The van der Waals surface area contributed by atoms with E-state index in [1.54, 1.807) is 38.5 Å². The number of benzene rings is 1. The number of Topliss-reactive ketones (excluding diaryl/α,β-unsaturated/α-hetero) is 4. The Morgan fingerprint density at radius 2 is 1.81 bits per heavy atom. The smallest absolute Gasteiger partial charge is 0.235 e. The molecule has 0 aliphatic heterocycles. The Labute approximate surface area is 248 Å². The lowest BCUT2D eigenvalue weighted by molar-refractivity contribution is -0.181. The second-order valence-electron chi connectivity index (χ2n) is 12.2. The van der Waals surface area contributed by atoms with E-state index in [4.69, 9.17) is 10.5 Å². The van der Waals surface area contributed by atoms with Crippen LogP contribution in [0.25, 0.3) is 11.1 Å². The van der Waals surface area contributed by atoms with Gasteiger partial charge in [-0.05, 0) is 76.6 Å². The van der Waals surface area contributed by atoms with Crippen LogP contribution in [0.3, 0.4) is 0 Å². The van der Waals surface area contributed by atoms with Crippen LogP contribution in [0.1, 0.15) is 28.8 Å². The summed E-state index contributed by atoms with van der Waals surface area (Å²) >= 11 is 0. The number of likely N-dealkylation sites (N-methyl/N-ethyl adjacent to an activating group) is 1. The van der Waals surface area contributed by atoms with E-state index in [0.717, 1.165) is 13.0 Å². The third-order valence-corrected chi connectivity index (χ3v) is 8.99. The van der Waals surface area contributed by atoms with Gasteiger partial charge in [-0.3, -0.25) is 28.9 Å². The summed E-state index contributed by atoms with van der Waals surface area (Å²) in [6.45, 7) is 1.37. The summed E-state index contributed by atoms with van der Waals surface area (Å²) in [4.78, 5) is 74.6. The molecule has 4 N–H and O–H groups in total. The Bertz CT molecular complexity index is 1500. The summed E-state index contributed by atoms with van der Waals surface area (Å²) in [5, 5.41) is 22.5. The van der Waals surface area contributed by atoms with Gasteiger partial charge in [-0.15, -0.1) is 0 Å². The SMILES string of the molecule is CN(C)CCCOc1ccc(-c2ccc(O)c3c2C[C@H]2C[C@H]4[C@H](N(C)C)C(=O)C(C(N)=O)C(=O)[C@@]4(O)C(=O)C2C3=O)cn1. The lowest BCUT2D eigenvalue weighted by Gasteiger charge is -2.52. The van der Waals surface area contributed by atoms with Gasteiger partial charge in [-0.1, -0.05) is 6.07 Å². The van der Waals surface area contributed by atoms with Crippen LogP contribution in [-0.2, 0) is 25.6 Å². The quantitative estimate of drug-likeness (QED) is 0.283. The fourth-order valence-electron chi connectivity index (χ4n) is 7.06. The van der Waals surface area contributed by atoms with Crippen LogP contribution in [0, 0.1) is 23.7 Å². The number of rotatable bonds is 8. The van der Waals surface area contributed by atoms with Crippen molar-refractivity contribution in [2.75, 3.05) is 41.3 Å². The highest BCUT2D eigenvalue weighted by Gasteiger charge is 2.69. The molecule has 3 aliphatic carbocycles. The van der Waals surface area contributed by atoms with Gasteiger partial charge in [-0.2, -0.15) is 0 Å². The molecule has 6 atom stereocenters. The molecule has 0 bridgehead atoms. The van der Waals surface area contributed by atoms with E-state index in [2.05, 4.69) is 9.88 Å². The van der Waals surface area contributed by atoms with Crippen LogP contribution in [0.4, 0.5) is 0 Å². The van der Waals surface area contributed by atoms with Crippen LogP contribution in [0.5, 0.6) is 11.6 Å². The number of hydrogen-bond acceptors (Lipinski definition) is 11. The Balaban J connectivity index is 1.51. The summed E-state index contributed by atoms with van der Waals surface area (Å²) in [6.07, 6.45) is 2.59. The second kappa shape index (κ2) is 11.3. The van der Waals surface area contributed by atoms with Gasteiger partial charge in [0, 0.05) is 30.3 Å². The number of primary amides is 1. The first-order valence-electron chi connectivity index (χ1n) is 14.2. The topological polar surface area (TPSA) is 180 Å². The largest absolute Gasteiger partial charge is 0.507 e. The molecule has 43 heavy (non-hydrogen) atoms. The Morgan fingerprint density at radius 3 is 2.42 bits per heavy atom. The summed E-state index contributed by atoms with van der Waals surface area (Å²) in [6, 6.07) is 5.40. The summed E-state index contributed by atoms with van der Waals surface area (Å²) < 4.78 is 5.73. The number of carbonyl (C=O) groups is 5. The van der Waals surface area contributed by atoms with Crippen molar-refractivity contribution in [2.45, 2.75) is 30.9 Å². The van der Waals surface area contributed by atoms with Crippen molar-refractivity contribution in [2.24, 2.45) is 29.4 Å². The third-order valence-electron chi connectivity index (χ3n) is 8.99. The summed E-state index contributed by atoms with van der Waals surface area (Å²) in [5.74, 6) is -10.3. The predicted molar refractivity (Wildman–Crippen MR) is 153 cm³/mol. The van der Waals surface area contributed by atoms with Crippen LogP contribution in [0.15, 0.2) is 30.5 Å². The monoisotopic (exact) mass is 592 g/mol. The lowest BCUT2D eigenvalue weighted by Crippen LogP contribution is -2.74. The van der Waals surface area contributed by atoms with Crippen molar-refractivity contribution in [3.63, 3.8) is 0 Å². The third kappa shape index (κ3) is 4.92. The summed E-state index contributed by atoms with van der Waals surface area (Å²) in [7, 11) is 7.06. The maximum atomic E-state index is 14.0. The first kappa shape index (κ1) is 30.5. The molecule has 2 aromatic rings. The van der Waals surface area contributed by atoms with Crippen molar-refractivity contribution >= 4 is 29.0 Å². The highest BCUT2D eigenvalue weighted by Crippen LogP contribution is 2.51. The molecule has 5 rings (SSSR count). The molecule has 2 unspecified atom stereocenters. The van der Waals surface area contributed by atoms with E-state index in [0.29, 0.717) is 29.2 Å². The van der Waals surface area contributed by atoms with E-state index in [9.17, 15) is 34.2 Å². The number of nitrogens with two attached hydrogens (primary N) is 1. The number of amides is 1. The van der Waals surface area contributed by atoms with E-state index in [-0.39, 0.29) is 24.2 Å². The predicted octanol–water partition coefficient (Wildman–Crippen LogP) is 0.260. The average Bonchev–Trinajstić information content (AvgIpc) is 2.93. The van der Waals surface area contributed by atoms with Crippen LogP contribution in [-0.4, -0.2) is 107 Å². The number of carbonyl (C=O) groups excluding carboxylic acids is 5. The number of ketones is 4. The molecule has 1 heterocycles. The standard InChI is InChI=1S/C31H36N4O8/c1-34(2)10-5-11-43-21-9-6-15(14-33-21)17-7-8-20(36)23-18(17)12-16-13-19-25(35(3)4)27(38)24(30(32)41)29(40)31(19,42)28(39)22(16)26(23)37/h6-9,14,16,19,22,24-25,36,42H,5,10-13H2,1-4H3,(H2,32,41)/t16-,19-,22?,24?,25-,31-/m0/s1. The van der Waals surface area contributed by atoms with Gasteiger partial charge < -0.3 is 25.6 Å². The molecular formula is C31H36N4O8. The van der Waals surface area contributed by atoms with E-state index >= 15 is 0 Å². The highest BCUT2D eigenvalue weighted by molar-refractivity contribution is 6.32. The number of fused-ring (bicyclic) bond motifs is 3. The van der Waals surface area contributed by atoms with Gasteiger partial charge in [0.05, 0.1) is 24.1 Å². The number of aromatic hydroxyl groups is 1. The second-order valence-corrected chi connectivity index (χ2v) is 12.2. The number of ether oxygens (including phenoxy) is 1. The summed E-state index contributed by atoms with van der Waals surface area (Å²) in [5.41, 5.74) is 4.36. The first-order chi connectivity index (χ1) is 20.3. The fraction of sp³-hybridized carbons (Fsp3) is 0.484. The fourth-order valence-corrected chi connectivity index (χ4v) is 7.06. The number of nitrogens with zero attached hydrogens (tertiary/aromatic N) is 3. The molecule has 228 valence electrons. The molecule has 0 spiro atoms. The molecule has 1 aromatic carbocycles. The molecule has 2 saturated carbocycles. The molecule has 1 aromatic heterocycles. The van der Waals surface area contributed by atoms with Crippen LogP contribution in [0.2, 0.25) is 0 Å². The normalized spacial score (nSPS) is 28.5.